The monoisotopic (exact) mass is 507 g/mol. The molecule has 6 N–H and O–H groups in total. The third-order valence-electron chi connectivity index (χ3n) is 4.89. The Labute approximate surface area is 172 Å². The van der Waals surface area contributed by atoms with Crippen LogP contribution in [0.5, 0.6) is 0 Å². The molecule has 0 radical (unpaired) electrons. The van der Waals surface area contributed by atoms with Gasteiger partial charge in [-0.25, -0.2) is 0 Å². The van der Waals surface area contributed by atoms with E-state index in [0.717, 1.165) is 24.3 Å². The molecule has 17 heteroatoms. The largest absolute Gasteiger partial charge is 0.401 e. The maximum absolute atomic E-state index is 12.4. The normalized spacial score (nSPS) is 32.7. The Balaban J connectivity index is 3.01. The highest BCUT2D eigenvalue weighted by atomic mass is 32.2. The predicted octanol–water partition coefficient (Wildman–Crippen LogP) is -1.32. The fourth-order valence-corrected chi connectivity index (χ4v) is 9.22. The van der Waals surface area contributed by atoms with Gasteiger partial charge < -0.3 is 5.73 Å². The van der Waals surface area contributed by atoms with Gasteiger partial charge in [0.1, 0.15) is 15.2 Å². The Bertz CT molecular complexity index is 1290. The summed E-state index contributed by atoms with van der Waals surface area (Å²) in [6.45, 7) is 0. The van der Waals surface area contributed by atoms with Crippen LogP contribution in [-0.2, 0) is 40.5 Å². The van der Waals surface area contributed by atoms with Crippen LogP contribution in [0.25, 0.3) is 0 Å². The topological polar surface area (TPSA) is 243 Å². The fourth-order valence-electron chi connectivity index (χ4n) is 3.54. The van der Waals surface area contributed by atoms with Crippen LogP contribution in [0.4, 0.5) is 0 Å². The molecule has 2 aliphatic carbocycles. The smallest absolute Gasteiger partial charge is 0.278 e. The summed E-state index contributed by atoms with van der Waals surface area (Å²) < 4.78 is 129. The van der Waals surface area contributed by atoms with Gasteiger partial charge in [0.15, 0.2) is 4.75 Å². The number of rotatable bonds is 6. The Morgan fingerprint density at radius 2 is 1.27 bits per heavy atom. The standard InChI is InChI=1S/C13H17NO12S4/c14-9-4-3-6-11(28(18,19)20)13(9,30(24,25)26)8-12(29(21,22)23)7-2-1-5-10(12)27(15,16)17/h1-7,10-11H,8,14H2,(H,15,16,17)(H,18,19,20)(H,21,22,23)(H,24,25,26). The molecule has 4 atom stereocenters. The highest BCUT2D eigenvalue weighted by molar-refractivity contribution is 7.92. The molecule has 0 aliphatic heterocycles. The van der Waals surface area contributed by atoms with E-state index in [4.69, 9.17) is 5.73 Å². The second-order valence-electron chi connectivity index (χ2n) is 6.59. The minimum absolute atomic E-state index is 0.500. The molecule has 170 valence electrons. The van der Waals surface area contributed by atoms with Crippen molar-refractivity contribution in [2.24, 2.45) is 5.73 Å². The Morgan fingerprint density at radius 3 is 1.70 bits per heavy atom. The molecule has 0 aromatic carbocycles. The molecule has 2 rings (SSSR count). The fraction of sp³-hybridized carbons (Fsp3) is 0.385. The third-order valence-corrected chi connectivity index (χ3v) is 10.7. The number of nitrogens with two attached hydrogens (primary N) is 1. The van der Waals surface area contributed by atoms with Gasteiger partial charge in [-0.1, -0.05) is 36.5 Å². The van der Waals surface area contributed by atoms with Crippen LogP contribution in [0.15, 0.2) is 48.2 Å². The van der Waals surface area contributed by atoms with Gasteiger partial charge in [0, 0.05) is 12.1 Å². The second kappa shape index (κ2) is 7.23. The van der Waals surface area contributed by atoms with E-state index >= 15 is 0 Å². The summed E-state index contributed by atoms with van der Waals surface area (Å²) in [5.74, 6) is 0. The lowest BCUT2D eigenvalue weighted by Gasteiger charge is -2.44. The van der Waals surface area contributed by atoms with Crippen molar-refractivity contribution in [1.82, 2.24) is 0 Å². The first-order valence-corrected chi connectivity index (χ1v) is 13.6. The van der Waals surface area contributed by atoms with E-state index in [2.05, 4.69) is 0 Å². The van der Waals surface area contributed by atoms with E-state index in [-0.39, 0.29) is 0 Å². The van der Waals surface area contributed by atoms with Gasteiger partial charge in [0.05, 0.1) is 0 Å². The molecule has 0 bridgehead atoms. The summed E-state index contributed by atoms with van der Waals surface area (Å²) >= 11 is 0. The highest BCUT2D eigenvalue weighted by Crippen LogP contribution is 2.47. The van der Waals surface area contributed by atoms with Gasteiger partial charge in [-0.3, -0.25) is 18.2 Å². The van der Waals surface area contributed by atoms with Crippen molar-refractivity contribution in [1.29, 1.82) is 0 Å². The van der Waals surface area contributed by atoms with Gasteiger partial charge in [0.2, 0.25) is 0 Å². The molecule has 13 nitrogen and oxygen atoms in total. The van der Waals surface area contributed by atoms with Gasteiger partial charge in [0.25, 0.3) is 40.5 Å². The average molecular weight is 508 g/mol. The molecule has 0 heterocycles. The summed E-state index contributed by atoms with van der Waals surface area (Å²) in [6.07, 6.45) is 3.48. The van der Waals surface area contributed by atoms with Crippen molar-refractivity contribution in [3.8, 4) is 0 Å². The molecule has 2 aliphatic rings. The van der Waals surface area contributed by atoms with Crippen LogP contribution in [0.2, 0.25) is 0 Å². The van der Waals surface area contributed by atoms with Gasteiger partial charge in [-0.15, -0.1) is 0 Å². The van der Waals surface area contributed by atoms with Crippen molar-refractivity contribution >= 4 is 40.5 Å². The van der Waals surface area contributed by atoms with Crippen LogP contribution in [-0.4, -0.2) is 71.9 Å². The minimum atomic E-state index is -5.73. The maximum atomic E-state index is 12.4. The summed E-state index contributed by atoms with van der Waals surface area (Å²) in [4.78, 5) is 0. The lowest BCUT2D eigenvalue weighted by molar-refractivity contribution is 0.368. The van der Waals surface area contributed by atoms with E-state index in [9.17, 15) is 51.9 Å². The van der Waals surface area contributed by atoms with E-state index < -0.39 is 72.6 Å². The van der Waals surface area contributed by atoms with E-state index in [1.807, 2.05) is 0 Å². The van der Waals surface area contributed by atoms with Gasteiger partial charge >= 0.3 is 0 Å². The Kier molecular flexibility index (Phi) is 5.94. The zero-order valence-electron chi connectivity index (χ0n) is 14.7. The van der Waals surface area contributed by atoms with Crippen molar-refractivity contribution < 1.29 is 51.9 Å². The molecule has 30 heavy (non-hydrogen) atoms. The van der Waals surface area contributed by atoms with E-state index in [1.54, 1.807) is 0 Å². The summed E-state index contributed by atoms with van der Waals surface area (Å²) in [7, 11) is -22.1. The van der Waals surface area contributed by atoms with E-state index in [1.165, 1.54) is 0 Å². The molecular formula is C13H17NO12S4. The van der Waals surface area contributed by atoms with Gasteiger partial charge in [-0.05, 0) is 6.08 Å². The van der Waals surface area contributed by atoms with Gasteiger partial charge in [-0.2, -0.15) is 33.7 Å². The first-order valence-electron chi connectivity index (χ1n) is 7.68. The summed E-state index contributed by atoms with van der Waals surface area (Å²) in [5.41, 5.74) is 4.65. The van der Waals surface area contributed by atoms with Crippen molar-refractivity contribution in [2.75, 3.05) is 0 Å². The third kappa shape index (κ3) is 3.86. The first kappa shape index (κ1) is 24.7. The molecule has 0 aromatic rings. The molecule has 0 aromatic heterocycles. The molecule has 0 saturated carbocycles. The first-order chi connectivity index (χ1) is 13.3. The molecule has 0 amide bonds. The summed E-state index contributed by atoms with van der Waals surface area (Å²) in [6, 6.07) is 0. The second-order valence-corrected chi connectivity index (χ2v) is 13.1. The molecule has 0 fully saturated rings. The number of allylic oxidation sites excluding steroid dienone is 4. The molecule has 0 saturated heterocycles. The van der Waals surface area contributed by atoms with Crippen LogP contribution in [0, 0.1) is 0 Å². The molecular weight excluding hydrogens is 490 g/mol. The van der Waals surface area contributed by atoms with Crippen LogP contribution < -0.4 is 5.73 Å². The zero-order valence-corrected chi connectivity index (χ0v) is 17.9. The van der Waals surface area contributed by atoms with Crippen LogP contribution >= 0.6 is 0 Å². The highest BCUT2D eigenvalue weighted by Gasteiger charge is 2.65. The average Bonchev–Trinajstić information content (AvgIpc) is 2.53. The van der Waals surface area contributed by atoms with Crippen molar-refractivity contribution in [3.05, 3.63) is 48.2 Å². The molecule has 4 unspecified atom stereocenters. The summed E-state index contributed by atoms with van der Waals surface area (Å²) in [5, 5.41) is -5.12. The lowest BCUT2D eigenvalue weighted by atomic mass is 9.82. The van der Waals surface area contributed by atoms with Crippen molar-refractivity contribution in [2.45, 2.75) is 26.4 Å². The SMILES string of the molecule is NC1=CC=CC(S(=O)(=O)O)C1(CC1(S(=O)(=O)O)C=CC=CC1S(=O)(=O)O)S(=O)(=O)O. The van der Waals surface area contributed by atoms with Crippen molar-refractivity contribution in [3.63, 3.8) is 0 Å². The lowest BCUT2D eigenvalue weighted by Crippen LogP contribution is -2.63. The predicted molar refractivity (Wildman–Crippen MR) is 104 cm³/mol. The zero-order chi connectivity index (χ0) is 23.4. The minimum Gasteiger partial charge on any atom is -0.401 e. The molecule has 0 spiro atoms. The Morgan fingerprint density at radius 1 is 0.767 bits per heavy atom. The Hall–Kier alpha value is -1.60. The number of hydrogen-bond acceptors (Lipinski definition) is 9. The maximum Gasteiger partial charge on any atom is 0.278 e. The van der Waals surface area contributed by atoms with Crippen LogP contribution in [0.3, 0.4) is 0 Å². The quantitative estimate of drug-likeness (QED) is 0.262. The van der Waals surface area contributed by atoms with Crippen LogP contribution in [0.1, 0.15) is 6.42 Å². The van der Waals surface area contributed by atoms with E-state index in [0.29, 0.717) is 18.2 Å². The number of hydrogen-bond donors (Lipinski definition) is 5.